The molecule has 0 aromatic heterocycles. The van der Waals surface area contributed by atoms with Crippen molar-refractivity contribution < 1.29 is 18.0 Å². The summed E-state index contributed by atoms with van der Waals surface area (Å²) in [4.78, 5) is 24.8. The second-order valence-corrected chi connectivity index (χ2v) is 10.0. The van der Waals surface area contributed by atoms with Crippen LogP contribution in [0.4, 0.5) is 17.1 Å². The van der Waals surface area contributed by atoms with E-state index in [0.717, 1.165) is 18.4 Å². The van der Waals surface area contributed by atoms with E-state index in [2.05, 4.69) is 15.4 Å². The molecule has 170 valence electrons. The third-order valence-electron chi connectivity index (χ3n) is 5.10. The van der Waals surface area contributed by atoms with E-state index in [1.807, 2.05) is 13.0 Å². The molecule has 4 rings (SSSR count). The van der Waals surface area contributed by atoms with E-state index in [0.29, 0.717) is 17.1 Å². The van der Waals surface area contributed by atoms with Crippen molar-refractivity contribution in [3.63, 3.8) is 0 Å². The van der Waals surface area contributed by atoms with Gasteiger partial charge < -0.3 is 10.6 Å². The predicted octanol–water partition coefficient (Wildman–Crippen LogP) is 5.05. The standard InChI is InChI=1S/C24H22ClN3O4S/c1-15-4-2-7-19(12-15)28-33(31,32)20-10-11-22(25)21(14-20)24(30)27-18-6-3-5-17(13-18)26-23(29)16-8-9-16/h2-7,10-14,16,28H,8-9H2,1H3,(H,26,29)(H,27,30). The fourth-order valence-electron chi connectivity index (χ4n) is 3.23. The Kier molecular flexibility index (Phi) is 6.40. The summed E-state index contributed by atoms with van der Waals surface area (Å²) >= 11 is 6.20. The number of hydrogen-bond acceptors (Lipinski definition) is 4. The zero-order valence-electron chi connectivity index (χ0n) is 17.8. The van der Waals surface area contributed by atoms with Gasteiger partial charge in [0.25, 0.3) is 15.9 Å². The molecule has 0 heterocycles. The van der Waals surface area contributed by atoms with Gasteiger partial charge in [0.05, 0.1) is 15.5 Å². The smallest absolute Gasteiger partial charge is 0.261 e. The molecule has 1 aliphatic carbocycles. The third-order valence-corrected chi connectivity index (χ3v) is 6.81. The molecule has 0 unspecified atom stereocenters. The predicted molar refractivity (Wildman–Crippen MR) is 129 cm³/mol. The minimum Gasteiger partial charge on any atom is -0.326 e. The highest BCUT2D eigenvalue weighted by Gasteiger charge is 2.29. The van der Waals surface area contributed by atoms with Crippen molar-refractivity contribution in [2.45, 2.75) is 24.7 Å². The Labute approximate surface area is 197 Å². The molecule has 7 nitrogen and oxygen atoms in total. The maximum atomic E-state index is 12.9. The van der Waals surface area contributed by atoms with Crippen LogP contribution >= 0.6 is 11.6 Å². The van der Waals surface area contributed by atoms with Gasteiger partial charge in [0, 0.05) is 23.0 Å². The molecule has 3 N–H and O–H groups in total. The van der Waals surface area contributed by atoms with Gasteiger partial charge in [-0.25, -0.2) is 8.42 Å². The minimum atomic E-state index is -3.93. The van der Waals surface area contributed by atoms with Crippen molar-refractivity contribution in [1.82, 2.24) is 0 Å². The summed E-state index contributed by atoms with van der Waals surface area (Å²) in [7, 11) is -3.93. The van der Waals surface area contributed by atoms with Gasteiger partial charge in [0.15, 0.2) is 0 Å². The molecular weight excluding hydrogens is 462 g/mol. The first-order chi connectivity index (χ1) is 15.7. The number of carbonyl (C=O) groups is 2. The van der Waals surface area contributed by atoms with Crippen LogP contribution in [0.2, 0.25) is 5.02 Å². The van der Waals surface area contributed by atoms with Gasteiger partial charge in [-0.15, -0.1) is 0 Å². The number of amides is 2. The summed E-state index contributed by atoms with van der Waals surface area (Å²) < 4.78 is 28.2. The molecule has 0 bridgehead atoms. The highest BCUT2D eigenvalue weighted by atomic mass is 35.5. The summed E-state index contributed by atoms with van der Waals surface area (Å²) in [6.07, 6.45) is 1.78. The van der Waals surface area contributed by atoms with Crippen LogP contribution in [0.3, 0.4) is 0 Å². The molecule has 33 heavy (non-hydrogen) atoms. The third kappa shape index (κ3) is 5.71. The molecule has 0 saturated heterocycles. The zero-order valence-corrected chi connectivity index (χ0v) is 19.3. The van der Waals surface area contributed by atoms with E-state index in [-0.39, 0.29) is 27.3 Å². The SMILES string of the molecule is Cc1cccc(NS(=O)(=O)c2ccc(Cl)c(C(=O)Nc3cccc(NC(=O)C4CC4)c3)c2)c1. The van der Waals surface area contributed by atoms with Crippen LogP contribution in [-0.4, -0.2) is 20.2 Å². The van der Waals surface area contributed by atoms with Crippen LogP contribution in [0.15, 0.2) is 71.6 Å². The van der Waals surface area contributed by atoms with Crippen molar-refractivity contribution in [1.29, 1.82) is 0 Å². The van der Waals surface area contributed by atoms with E-state index in [4.69, 9.17) is 11.6 Å². The van der Waals surface area contributed by atoms with Crippen molar-refractivity contribution >= 4 is 50.5 Å². The Hall–Kier alpha value is -3.36. The molecular formula is C24H22ClN3O4S. The summed E-state index contributed by atoms with van der Waals surface area (Å²) in [6.45, 7) is 1.86. The zero-order chi connectivity index (χ0) is 23.6. The fraction of sp³-hybridized carbons (Fsp3) is 0.167. The van der Waals surface area contributed by atoms with Crippen molar-refractivity contribution in [2.24, 2.45) is 5.92 Å². The normalized spacial score (nSPS) is 13.3. The number of hydrogen-bond donors (Lipinski definition) is 3. The van der Waals surface area contributed by atoms with Crippen molar-refractivity contribution in [3.8, 4) is 0 Å². The van der Waals surface area contributed by atoms with Gasteiger partial charge in [0.1, 0.15) is 0 Å². The Morgan fingerprint density at radius 3 is 2.24 bits per heavy atom. The lowest BCUT2D eigenvalue weighted by molar-refractivity contribution is -0.117. The summed E-state index contributed by atoms with van der Waals surface area (Å²) in [5.74, 6) is -0.557. The monoisotopic (exact) mass is 483 g/mol. The van der Waals surface area contributed by atoms with E-state index >= 15 is 0 Å². The van der Waals surface area contributed by atoms with Gasteiger partial charge in [-0.05, 0) is 73.9 Å². The molecule has 1 fully saturated rings. The van der Waals surface area contributed by atoms with Gasteiger partial charge in [0.2, 0.25) is 5.91 Å². The molecule has 3 aromatic carbocycles. The maximum absolute atomic E-state index is 12.9. The average Bonchev–Trinajstić information content (AvgIpc) is 3.59. The number of sulfonamides is 1. The Morgan fingerprint density at radius 1 is 0.879 bits per heavy atom. The van der Waals surface area contributed by atoms with Crippen LogP contribution in [0.5, 0.6) is 0 Å². The number of benzene rings is 3. The Bertz CT molecular complexity index is 1340. The van der Waals surface area contributed by atoms with Crippen LogP contribution in [0.1, 0.15) is 28.8 Å². The highest BCUT2D eigenvalue weighted by molar-refractivity contribution is 7.92. The Balaban J connectivity index is 1.52. The number of anilines is 3. The van der Waals surface area contributed by atoms with Crippen molar-refractivity contribution in [2.75, 3.05) is 15.4 Å². The molecule has 1 aliphatic rings. The first kappa shape index (κ1) is 22.8. The van der Waals surface area contributed by atoms with E-state index in [1.54, 1.807) is 42.5 Å². The lowest BCUT2D eigenvalue weighted by Gasteiger charge is -2.12. The average molecular weight is 484 g/mol. The molecule has 1 saturated carbocycles. The molecule has 9 heteroatoms. The molecule has 3 aromatic rings. The second kappa shape index (κ2) is 9.25. The molecule has 0 aliphatic heterocycles. The quantitative estimate of drug-likeness (QED) is 0.437. The number of halogens is 1. The number of aryl methyl sites for hydroxylation is 1. The topological polar surface area (TPSA) is 104 Å². The van der Waals surface area contributed by atoms with Crippen molar-refractivity contribution in [3.05, 3.63) is 82.9 Å². The first-order valence-electron chi connectivity index (χ1n) is 10.3. The molecule has 0 spiro atoms. The molecule has 2 amide bonds. The fourth-order valence-corrected chi connectivity index (χ4v) is 4.51. The van der Waals surface area contributed by atoms with Crippen LogP contribution in [0, 0.1) is 12.8 Å². The number of carbonyl (C=O) groups excluding carboxylic acids is 2. The van der Waals surface area contributed by atoms with Gasteiger partial charge >= 0.3 is 0 Å². The van der Waals surface area contributed by atoms with E-state index in [1.165, 1.54) is 18.2 Å². The lowest BCUT2D eigenvalue weighted by Crippen LogP contribution is -2.17. The van der Waals surface area contributed by atoms with Crippen LogP contribution < -0.4 is 15.4 Å². The molecule has 0 atom stereocenters. The van der Waals surface area contributed by atoms with Gasteiger partial charge in [-0.2, -0.15) is 0 Å². The summed E-state index contributed by atoms with van der Waals surface area (Å²) in [5, 5.41) is 5.64. The summed E-state index contributed by atoms with van der Waals surface area (Å²) in [5.41, 5.74) is 2.34. The summed E-state index contributed by atoms with van der Waals surface area (Å²) in [6, 6.07) is 17.6. The lowest BCUT2D eigenvalue weighted by atomic mass is 10.2. The Morgan fingerprint density at radius 2 is 1.55 bits per heavy atom. The second-order valence-electron chi connectivity index (χ2n) is 7.92. The van der Waals surface area contributed by atoms with E-state index < -0.39 is 15.9 Å². The number of nitrogens with one attached hydrogen (secondary N) is 3. The van der Waals surface area contributed by atoms with E-state index in [9.17, 15) is 18.0 Å². The maximum Gasteiger partial charge on any atom is 0.261 e. The largest absolute Gasteiger partial charge is 0.326 e. The minimum absolute atomic E-state index is 0.0104. The molecule has 0 radical (unpaired) electrons. The number of rotatable bonds is 7. The first-order valence-corrected chi connectivity index (χ1v) is 12.2. The van der Waals surface area contributed by atoms with Crippen LogP contribution in [-0.2, 0) is 14.8 Å². The van der Waals surface area contributed by atoms with Gasteiger partial charge in [-0.3, -0.25) is 14.3 Å². The van der Waals surface area contributed by atoms with Crippen LogP contribution in [0.25, 0.3) is 0 Å². The van der Waals surface area contributed by atoms with Gasteiger partial charge in [-0.1, -0.05) is 29.8 Å². The highest BCUT2D eigenvalue weighted by Crippen LogP contribution is 2.30.